The third-order valence-corrected chi connectivity index (χ3v) is 5.60. The average molecular weight is 294 g/mol. The summed E-state index contributed by atoms with van der Waals surface area (Å²) in [6, 6.07) is 7.20. The Morgan fingerprint density at radius 1 is 1.15 bits per heavy atom. The monoisotopic (exact) mass is 294 g/mol. The molecule has 110 valence electrons. The maximum absolute atomic E-state index is 12.5. The number of rotatable bonds is 5. The first kappa shape index (κ1) is 15.2. The van der Waals surface area contributed by atoms with Crippen molar-refractivity contribution in [1.29, 1.82) is 0 Å². The average Bonchev–Trinajstić information content (AvgIpc) is 2.48. The van der Waals surface area contributed by atoms with Crippen LogP contribution >= 0.6 is 0 Å². The highest BCUT2D eigenvalue weighted by molar-refractivity contribution is 7.89. The Morgan fingerprint density at radius 2 is 1.75 bits per heavy atom. The van der Waals surface area contributed by atoms with E-state index in [1.807, 2.05) is 18.2 Å². The van der Waals surface area contributed by atoms with Gasteiger partial charge in [0.05, 0.1) is 4.90 Å². The van der Waals surface area contributed by atoms with Gasteiger partial charge in [-0.05, 0) is 24.1 Å². The van der Waals surface area contributed by atoms with Gasteiger partial charge < -0.3 is 0 Å². The molecule has 1 saturated heterocycles. The predicted octanol–water partition coefficient (Wildman–Crippen LogP) is 1.74. The summed E-state index contributed by atoms with van der Waals surface area (Å²) in [6.07, 6.45) is 2.77. The second-order valence-electron chi connectivity index (χ2n) is 4.99. The van der Waals surface area contributed by atoms with Crippen molar-refractivity contribution >= 4 is 10.0 Å². The Bertz CT molecular complexity index is 544. The van der Waals surface area contributed by atoms with Crippen molar-refractivity contribution in [1.82, 2.24) is 9.21 Å². The van der Waals surface area contributed by atoms with E-state index < -0.39 is 10.0 Å². The summed E-state index contributed by atoms with van der Waals surface area (Å²) < 4.78 is 26.7. The Hall–Kier alpha value is -1.17. The quantitative estimate of drug-likeness (QED) is 0.777. The molecule has 0 aliphatic carbocycles. The number of aryl methyl sites for hydroxylation is 1. The van der Waals surface area contributed by atoms with E-state index in [-0.39, 0.29) is 0 Å². The molecule has 1 aromatic carbocycles. The van der Waals surface area contributed by atoms with E-state index in [1.165, 1.54) is 0 Å². The lowest BCUT2D eigenvalue weighted by molar-refractivity contribution is 0.204. The smallest absolute Gasteiger partial charge is 0.243 e. The first-order chi connectivity index (χ1) is 9.57. The van der Waals surface area contributed by atoms with Gasteiger partial charge in [-0.1, -0.05) is 25.1 Å². The maximum atomic E-state index is 12.5. The molecule has 1 aliphatic rings. The van der Waals surface area contributed by atoms with Crippen molar-refractivity contribution in [2.24, 2.45) is 0 Å². The van der Waals surface area contributed by atoms with Crippen LogP contribution in [-0.2, 0) is 16.4 Å². The van der Waals surface area contributed by atoms with Gasteiger partial charge in [0.25, 0.3) is 0 Å². The number of sulfonamides is 1. The van der Waals surface area contributed by atoms with Crippen LogP contribution in [0.15, 0.2) is 41.8 Å². The van der Waals surface area contributed by atoms with Gasteiger partial charge in [-0.15, -0.1) is 6.58 Å². The van der Waals surface area contributed by atoms with Crippen LogP contribution in [0.4, 0.5) is 0 Å². The number of nitrogens with zero attached hydrogens (tertiary/aromatic N) is 2. The van der Waals surface area contributed by atoms with Crippen LogP contribution in [0.3, 0.4) is 0 Å². The number of benzene rings is 1. The molecule has 0 bridgehead atoms. The fourth-order valence-corrected chi connectivity index (χ4v) is 3.80. The zero-order valence-corrected chi connectivity index (χ0v) is 12.8. The van der Waals surface area contributed by atoms with Gasteiger partial charge in [0.1, 0.15) is 0 Å². The molecule has 0 N–H and O–H groups in total. The highest BCUT2D eigenvalue weighted by atomic mass is 32.2. The Kier molecular flexibility index (Phi) is 4.96. The van der Waals surface area contributed by atoms with Crippen LogP contribution in [0, 0.1) is 0 Å². The molecule has 1 aromatic rings. The normalized spacial score (nSPS) is 18.1. The fraction of sp³-hybridized carbons (Fsp3) is 0.467. The topological polar surface area (TPSA) is 40.6 Å². The van der Waals surface area contributed by atoms with E-state index in [0.717, 1.165) is 31.6 Å². The number of hydrogen-bond acceptors (Lipinski definition) is 3. The van der Waals surface area contributed by atoms with Gasteiger partial charge in [-0.2, -0.15) is 4.31 Å². The Balaban J connectivity index is 2.08. The van der Waals surface area contributed by atoms with E-state index in [9.17, 15) is 8.42 Å². The zero-order chi connectivity index (χ0) is 14.6. The van der Waals surface area contributed by atoms with Crippen LogP contribution < -0.4 is 0 Å². The second-order valence-corrected chi connectivity index (χ2v) is 6.93. The van der Waals surface area contributed by atoms with Crippen molar-refractivity contribution < 1.29 is 8.42 Å². The fourth-order valence-electron chi connectivity index (χ4n) is 2.38. The van der Waals surface area contributed by atoms with Gasteiger partial charge in [0, 0.05) is 32.7 Å². The molecule has 20 heavy (non-hydrogen) atoms. The van der Waals surface area contributed by atoms with Gasteiger partial charge >= 0.3 is 0 Å². The van der Waals surface area contributed by atoms with E-state index in [1.54, 1.807) is 16.4 Å². The highest BCUT2D eigenvalue weighted by Crippen LogP contribution is 2.18. The maximum Gasteiger partial charge on any atom is 0.243 e. The van der Waals surface area contributed by atoms with Gasteiger partial charge in [0.2, 0.25) is 10.0 Å². The van der Waals surface area contributed by atoms with Crippen molar-refractivity contribution in [2.45, 2.75) is 18.2 Å². The molecule has 0 radical (unpaired) electrons. The number of hydrogen-bond donors (Lipinski definition) is 0. The van der Waals surface area contributed by atoms with Crippen molar-refractivity contribution in [3.63, 3.8) is 0 Å². The molecule has 0 aromatic heterocycles. The third-order valence-electron chi connectivity index (χ3n) is 3.69. The second kappa shape index (κ2) is 6.52. The van der Waals surface area contributed by atoms with Gasteiger partial charge in [0.15, 0.2) is 0 Å². The van der Waals surface area contributed by atoms with Crippen LogP contribution in [0.25, 0.3) is 0 Å². The molecule has 4 nitrogen and oxygen atoms in total. The molecule has 1 fully saturated rings. The van der Waals surface area contributed by atoms with E-state index in [2.05, 4.69) is 18.4 Å². The molecule has 0 saturated carbocycles. The summed E-state index contributed by atoms with van der Waals surface area (Å²) in [7, 11) is -3.34. The molecule has 5 heteroatoms. The zero-order valence-electron chi connectivity index (χ0n) is 12.0. The summed E-state index contributed by atoms with van der Waals surface area (Å²) in [5, 5.41) is 0. The summed E-state index contributed by atoms with van der Waals surface area (Å²) in [4.78, 5) is 2.60. The molecular weight excluding hydrogens is 272 g/mol. The van der Waals surface area contributed by atoms with Crippen molar-refractivity contribution in [2.75, 3.05) is 32.7 Å². The van der Waals surface area contributed by atoms with Crippen molar-refractivity contribution in [3.05, 3.63) is 42.5 Å². The summed E-state index contributed by atoms with van der Waals surface area (Å²) >= 11 is 0. The molecule has 0 amide bonds. The van der Waals surface area contributed by atoms with Crippen molar-refractivity contribution in [3.8, 4) is 0 Å². The molecule has 2 rings (SSSR count). The van der Waals surface area contributed by atoms with E-state index in [4.69, 9.17) is 0 Å². The van der Waals surface area contributed by atoms with Crippen LogP contribution in [0.2, 0.25) is 0 Å². The lowest BCUT2D eigenvalue weighted by Gasteiger charge is -2.33. The first-order valence-corrected chi connectivity index (χ1v) is 8.44. The van der Waals surface area contributed by atoms with Crippen LogP contribution in [0.5, 0.6) is 0 Å². The standard InChI is InChI=1S/C15H22N2O2S/c1-3-9-16-10-12-17(13-11-16)20(18,19)15-7-5-14(4-2)6-8-15/h3,5-8H,1,4,9-13H2,2H3. The highest BCUT2D eigenvalue weighted by Gasteiger charge is 2.27. The molecule has 0 unspecified atom stereocenters. The van der Waals surface area contributed by atoms with Gasteiger partial charge in [-0.25, -0.2) is 8.42 Å². The predicted molar refractivity (Wildman–Crippen MR) is 81.2 cm³/mol. The molecule has 1 aliphatic heterocycles. The minimum atomic E-state index is -3.34. The third kappa shape index (κ3) is 3.29. The Labute approximate surface area is 121 Å². The largest absolute Gasteiger partial charge is 0.297 e. The Morgan fingerprint density at radius 3 is 2.25 bits per heavy atom. The van der Waals surface area contributed by atoms with E-state index >= 15 is 0 Å². The molecule has 1 heterocycles. The molecule has 0 atom stereocenters. The molecule has 0 spiro atoms. The van der Waals surface area contributed by atoms with E-state index in [0.29, 0.717) is 18.0 Å². The minimum Gasteiger partial charge on any atom is -0.297 e. The summed E-state index contributed by atoms with van der Waals surface area (Å²) in [6.45, 7) is 9.21. The minimum absolute atomic E-state index is 0.395. The van der Waals surface area contributed by atoms with Crippen LogP contribution in [-0.4, -0.2) is 50.3 Å². The first-order valence-electron chi connectivity index (χ1n) is 7.00. The SMILES string of the molecule is C=CCN1CCN(S(=O)(=O)c2ccc(CC)cc2)CC1. The number of piperazine rings is 1. The summed E-state index contributed by atoms with van der Waals surface area (Å²) in [5.74, 6) is 0. The lowest BCUT2D eigenvalue weighted by atomic mass is 10.2. The van der Waals surface area contributed by atoms with Crippen LogP contribution in [0.1, 0.15) is 12.5 Å². The molecular formula is C15H22N2O2S. The van der Waals surface area contributed by atoms with Gasteiger partial charge in [-0.3, -0.25) is 4.90 Å². The lowest BCUT2D eigenvalue weighted by Crippen LogP contribution is -2.48. The summed E-state index contributed by atoms with van der Waals surface area (Å²) in [5.41, 5.74) is 1.15.